The molecule has 1 aliphatic heterocycles. The molecule has 0 spiro atoms. The third-order valence-electron chi connectivity index (χ3n) is 6.17. The molecule has 1 saturated heterocycles. The minimum Gasteiger partial charge on any atom is -0.365 e. The largest absolute Gasteiger partial charge is 0.416 e. The smallest absolute Gasteiger partial charge is 0.365 e. The summed E-state index contributed by atoms with van der Waals surface area (Å²) in [6.07, 6.45) is 0.172. The first kappa shape index (κ1) is 26.1. The average molecular weight is 516 g/mol. The molecule has 2 aromatic heterocycles. The number of hydrogen-bond donors (Lipinski definition) is 3. The van der Waals surface area contributed by atoms with Crippen molar-refractivity contribution >= 4 is 23.4 Å². The number of pyridine rings is 1. The molecule has 0 bridgehead atoms. The fraction of sp³-hybridized carbons (Fsp3) is 0.360. The molecule has 4 rings (SSSR count). The van der Waals surface area contributed by atoms with Gasteiger partial charge in [-0.25, -0.2) is 4.98 Å². The van der Waals surface area contributed by atoms with Crippen LogP contribution in [0.4, 0.5) is 30.6 Å². The molecule has 5 N–H and O–H groups in total. The summed E-state index contributed by atoms with van der Waals surface area (Å²) >= 11 is 0. The second-order valence-electron chi connectivity index (χ2n) is 9.29. The van der Waals surface area contributed by atoms with Crippen molar-refractivity contribution in [2.24, 2.45) is 11.5 Å². The Morgan fingerprint density at radius 1 is 1.22 bits per heavy atom. The molecule has 0 unspecified atom stereocenters. The van der Waals surface area contributed by atoms with Crippen LogP contribution in [0.2, 0.25) is 0 Å². The summed E-state index contributed by atoms with van der Waals surface area (Å²) in [5.74, 6) is -0.226. The van der Waals surface area contributed by atoms with Crippen LogP contribution in [0.25, 0.3) is 11.1 Å². The summed E-state index contributed by atoms with van der Waals surface area (Å²) in [5.41, 5.74) is 11.4. The number of nitrogens with one attached hydrogen (secondary N) is 1. The third kappa shape index (κ3) is 5.74. The number of piperidine rings is 1. The van der Waals surface area contributed by atoms with E-state index in [0.717, 1.165) is 25.0 Å². The van der Waals surface area contributed by atoms with E-state index >= 15 is 0 Å². The van der Waals surface area contributed by atoms with Gasteiger partial charge in [-0.15, -0.1) is 0 Å². The molecule has 0 saturated carbocycles. The molecule has 0 aliphatic carbocycles. The molecule has 1 fully saturated rings. The van der Waals surface area contributed by atoms with Crippen molar-refractivity contribution in [1.29, 1.82) is 0 Å². The lowest BCUT2D eigenvalue weighted by molar-refractivity contribution is -0.137. The van der Waals surface area contributed by atoms with Crippen LogP contribution in [0.15, 0.2) is 47.5 Å². The van der Waals surface area contributed by atoms with Gasteiger partial charge in [0.1, 0.15) is 11.4 Å². The maximum Gasteiger partial charge on any atom is 0.416 e. The minimum atomic E-state index is -4.49. The Morgan fingerprint density at radius 2 is 1.92 bits per heavy atom. The van der Waals surface area contributed by atoms with Crippen LogP contribution in [0.5, 0.6) is 0 Å². The van der Waals surface area contributed by atoms with E-state index in [1.165, 1.54) is 29.0 Å². The van der Waals surface area contributed by atoms with Gasteiger partial charge in [-0.05, 0) is 50.5 Å². The summed E-state index contributed by atoms with van der Waals surface area (Å²) in [5, 5.41) is 3.06. The van der Waals surface area contributed by atoms with Crippen LogP contribution < -0.4 is 27.2 Å². The van der Waals surface area contributed by atoms with Gasteiger partial charge in [-0.2, -0.15) is 18.2 Å². The van der Waals surface area contributed by atoms with Crippen LogP contribution in [0.1, 0.15) is 48.7 Å². The first-order valence-corrected chi connectivity index (χ1v) is 11.8. The van der Waals surface area contributed by atoms with Crippen molar-refractivity contribution in [3.8, 4) is 11.1 Å². The second-order valence-corrected chi connectivity index (χ2v) is 9.29. The zero-order chi connectivity index (χ0) is 26.9. The van der Waals surface area contributed by atoms with Gasteiger partial charge in [-0.1, -0.05) is 12.1 Å². The third-order valence-corrected chi connectivity index (χ3v) is 6.17. The number of primary amides is 1. The number of carbonyl (C=O) groups excluding carboxylic acids is 1. The molecule has 3 aromatic rings. The number of benzene rings is 1. The number of nitrogens with two attached hydrogens (primary N) is 2. The molecular weight excluding hydrogens is 487 g/mol. The van der Waals surface area contributed by atoms with Crippen molar-refractivity contribution in [3.05, 3.63) is 64.2 Å². The van der Waals surface area contributed by atoms with Gasteiger partial charge >= 0.3 is 6.18 Å². The number of amides is 1. The van der Waals surface area contributed by atoms with Crippen molar-refractivity contribution in [2.75, 3.05) is 23.3 Å². The predicted molar refractivity (Wildman–Crippen MR) is 135 cm³/mol. The first-order valence-electron chi connectivity index (χ1n) is 11.8. The van der Waals surface area contributed by atoms with Crippen molar-refractivity contribution < 1.29 is 18.0 Å². The van der Waals surface area contributed by atoms with Gasteiger partial charge < -0.3 is 26.3 Å². The number of nitrogens with zero attached hydrogens (tertiary/aromatic N) is 4. The monoisotopic (exact) mass is 515 g/mol. The number of anilines is 3. The Hall–Kier alpha value is -3.93. The van der Waals surface area contributed by atoms with Crippen LogP contribution in [-0.4, -0.2) is 39.6 Å². The van der Waals surface area contributed by atoms with E-state index in [2.05, 4.69) is 15.3 Å². The highest BCUT2D eigenvalue weighted by Gasteiger charge is 2.30. The summed E-state index contributed by atoms with van der Waals surface area (Å²) in [4.78, 5) is 36.0. The van der Waals surface area contributed by atoms with Gasteiger partial charge in [-0.3, -0.25) is 9.59 Å². The fourth-order valence-corrected chi connectivity index (χ4v) is 4.23. The molecular formula is C25H28F3N7O2. The van der Waals surface area contributed by atoms with E-state index in [-0.39, 0.29) is 34.6 Å². The lowest BCUT2D eigenvalue weighted by atomic mass is 10.0. The molecule has 37 heavy (non-hydrogen) atoms. The summed E-state index contributed by atoms with van der Waals surface area (Å²) in [7, 11) is 0. The molecule has 12 heteroatoms. The standard InChI is InChI=1S/C25H28F3N7O2/c1-14(2)35-13-18(10-19(23(35)37)15-5-7-16(8-6-15)25(26,27)28)32-22-20(21(30)36)11-31-24(33-22)34-9-3-4-17(29)12-34/h5-8,10-11,13-14,17H,3-4,9,12,29H2,1-2H3,(H2,30,36)(H,31,32,33)/t17-/m0/s1. The summed E-state index contributed by atoms with van der Waals surface area (Å²) < 4.78 is 40.5. The van der Waals surface area contributed by atoms with Gasteiger partial charge in [0.15, 0.2) is 0 Å². The molecule has 1 aromatic carbocycles. The quantitative estimate of drug-likeness (QED) is 0.456. The lowest BCUT2D eigenvalue weighted by Crippen LogP contribution is -2.43. The van der Waals surface area contributed by atoms with Crippen LogP contribution in [-0.2, 0) is 6.18 Å². The van der Waals surface area contributed by atoms with Crippen LogP contribution in [0, 0.1) is 0 Å². The summed E-state index contributed by atoms with van der Waals surface area (Å²) in [6.45, 7) is 4.88. The molecule has 0 radical (unpaired) electrons. The first-order chi connectivity index (χ1) is 17.4. The molecule has 1 aliphatic rings. The van der Waals surface area contributed by atoms with Gasteiger partial charge in [0, 0.05) is 43.1 Å². The Bertz CT molecular complexity index is 1350. The Kier molecular flexibility index (Phi) is 7.21. The lowest BCUT2D eigenvalue weighted by Gasteiger charge is -2.31. The topological polar surface area (TPSA) is 132 Å². The molecule has 1 amide bonds. The maximum atomic E-state index is 13.2. The molecule has 9 nitrogen and oxygen atoms in total. The molecule has 3 heterocycles. The highest BCUT2D eigenvalue weighted by Crippen LogP contribution is 2.31. The Morgan fingerprint density at radius 3 is 2.51 bits per heavy atom. The molecule has 1 atom stereocenters. The van der Waals surface area contributed by atoms with E-state index in [1.807, 2.05) is 4.90 Å². The zero-order valence-electron chi connectivity index (χ0n) is 20.4. The summed E-state index contributed by atoms with van der Waals surface area (Å²) in [6, 6.07) is 5.60. The zero-order valence-corrected chi connectivity index (χ0v) is 20.4. The van der Waals surface area contributed by atoms with E-state index < -0.39 is 17.6 Å². The second kappa shape index (κ2) is 10.2. The SMILES string of the molecule is CC(C)n1cc(Nc2nc(N3CCC[C@H](N)C3)ncc2C(N)=O)cc(-c2ccc(C(F)(F)F)cc2)c1=O. The van der Waals surface area contributed by atoms with Crippen LogP contribution in [0.3, 0.4) is 0 Å². The van der Waals surface area contributed by atoms with Crippen molar-refractivity contribution in [2.45, 2.75) is 44.9 Å². The Balaban J connectivity index is 1.77. The number of carbonyl (C=O) groups is 1. The minimum absolute atomic E-state index is 0.0227. The van der Waals surface area contributed by atoms with E-state index in [9.17, 15) is 22.8 Å². The molecule has 196 valence electrons. The number of alkyl halides is 3. The predicted octanol–water partition coefficient (Wildman–Crippen LogP) is 3.68. The average Bonchev–Trinajstić information content (AvgIpc) is 2.84. The highest BCUT2D eigenvalue weighted by molar-refractivity contribution is 5.98. The normalized spacial score (nSPS) is 16.2. The van der Waals surface area contributed by atoms with E-state index in [4.69, 9.17) is 11.5 Å². The van der Waals surface area contributed by atoms with Gasteiger partial charge in [0.2, 0.25) is 5.95 Å². The van der Waals surface area contributed by atoms with E-state index in [1.54, 1.807) is 20.0 Å². The maximum absolute atomic E-state index is 13.2. The Labute approximate surface area is 211 Å². The van der Waals surface area contributed by atoms with Gasteiger partial charge in [0.05, 0.1) is 11.3 Å². The van der Waals surface area contributed by atoms with Gasteiger partial charge in [0.25, 0.3) is 11.5 Å². The van der Waals surface area contributed by atoms with Crippen molar-refractivity contribution in [1.82, 2.24) is 14.5 Å². The van der Waals surface area contributed by atoms with E-state index in [0.29, 0.717) is 30.3 Å². The number of halogens is 3. The van der Waals surface area contributed by atoms with Crippen LogP contribution >= 0.6 is 0 Å². The fourth-order valence-electron chi connectivity index (χ4n) is 4.23. The number of rotatable bonds is 6. The van der Waals surface area contributed by atoms with Crippen molar-refractivity contribution in [3.63, 3.8) is 0 Å². The number of hydrogen-bond acceptors (Lipinski definition) is 7. The number of aromatic nitrogens is 3. The highest BCUT2D eigenvalue weighted by atomic mass is 19.4.